The Morgan fingerprint density at radius 2 is 1.26 bits per heavy atom. The normalized spacial score (nSPS) is 13.4. The lowest BCUT2D eigenvalue weighted by molar-refractivity contribution is 0.795. The number of thiophene rings is 1. The summed E-state index contributed by atoms with van der Waals surface area (Å²) in [5, 5.41) is 12.0. The molecular weight excluding hydrogens is 591 g/mol. The molecule has 2 aliphatic carbocycles. The Labute approximate surface area is 277 Å². The zero-order chi connectivity index (χ0) is 31.5. The van der Waals surface area contributed by atoms with Crippen LogP contribution in [0.25, 0.3) is 43.3 Å². The zero-order valence-corrected chi connectivity index (χ0v) is 26.0. The lowest BCUT2D eigenvalue weighted by atomic mass is 9.71. The molecule has 0 radical (unpaired) electrons. The Balaban J connectivity index is 1.34. The Hall–Kier alpha value is -6.20. The molecule has 0 saturated heterocycles. The van der Waals surface area contributed by atoms with E-state index in [1.807, 2.05) is 6.07 Å². The lowest BCUT2D eigenvalue weighted by Crippen LogP contribution is -2.26. The number of para-hydroxylation sites is 1. The van der Waals surface area contributed by atoms with Crippen molar-refractivity contribution in [1.82, 2.24) is 0 Å². The van der Waals surface area contributed by atoms with Gasteiger partial charge in [0.1, 0.15) is 0 Å². The van der Waals surface area contributed by atoms with Gasteiger partial charge in [-0.2, -0.15) is 0 Å². The first-order valence-electron chi connectivity index (χ1n) is 15.5. The average molecular weight is 616 g/mol. The Kier molecular flexibility index (Phi) is 6.02. The van der Waals surface area contributed by atoms with Gasteiger partial charge in [0, 0.05) is 26.8 Å². The summed E-state index contributed by atoms with van der Waals surface area (Å²) in [6, 6.07) is 54.4. The number of fused-ring (bicyclic) bond motifs is 11. The van der Waals surface area contributed by atoms with Crippen LogP contribution in [0.2, 0.25) is 0 Å². The van der Waals surface area contributed by atoms with Crippen LogP contribution in [-0.4, -0.2) is 0 Å². The molecule has 0 bridgehead atoms. The molecule has 218 valence electrons. The topological polar surface area (TPSA) is 31.4 Å². The fourth-order valence-corrected chi connectivity index (χ4v) is 8.86. The standard InChI is InChI=1S/C43H25N3S/c1-45-30(27-44)24-34-26-41-42(47-34)37-22-21-33(25-40(37)43(41)38-17-9-7-15-35(38)36-16-8-10-18-39(36)43)46(31-13-3-2-4-14-31)32-20-19-28-11-5-6-12-29(28)23-32/h2-26H/b30-24-. The second kappa shape index (κ2) is 10.4. The fraction of sp³-hybridized carbons (Fsp3) is 0.0233. The van der Waals surface area contributed by atoms with Crippen molar-refractivity contribution in [3.05, 3.63) is 190 Å². The minimum absolute atomic E-state index is 0.0932. The number of nitrogens with zero attached hydrogens (tertiary/aromatic N) is 3. The molecule has 0 saturated carbocycles. The van der Waals surface area contributed by atoms with E-state index in [0.717, 1.165) is 21.9 Å². The van der Waals surface area contributed by atoms with Gasteiger partial charge in [0.05, 0.1) is 18.1 Å². The molecule has 2 aliphatic rings. The highest BCUT2D eigenvalue weighted by Gasteiger charge is 2.52. The molecule has 9 rings (SSSR count). The first kappa shape index (κ1) is 27.1. The van der Waals surface area contributed by atoms with Gasteiger partial charge in [-0.25, -0.2) is 10.1 Å². The number of allylic oxidation sites excluding steroid dienone is 1. The highest BCUT2D eigenvalue weighted by atomic mass is 32.1. The van der Waals surface area contributed by atoms with Gasteiger partial charge in [0.2, 0.25) is 0 Å². The van der Waals surface area contributed by atoms with E-state index in [1.165, 1.54) is 54.6 Å². The van der Waals surface area contributed by atoms with Crippen molar-refractivity contribution in [3.63, 3.8) is 0 Å². The number of nitriles is 1. The van der Waals surface area contributed by atoms with Crippen LogP contribution >= 0.6 is 11.3 Å². The molecule has 3 nitrogen and oxygen atoms in total. The molecule has 6 aromatic carbocycles. The molecule has 0 atom stereocenters. The molecule has 1 spiro atoms. The van der Waals surface area contributed by atoms with Gasteiger partial charge in [0.25, 0.3) is 5.70 Å². The molecule has 47 heavy (non-hydrogen) atoms. The summed E-state index contributed by atoms with van der Waals surface area (Å²) in [4.78, 5) is 7.90. The Morgan fingerprint density at radius 3 is 1.98 bits per heavy atom. The van der Waals surface area contributed by atoms with Gasteiger partial charge >= 0.3 is 0 Å². The van der Waals surface area contributed by atoms with E-state index in [9.17, 15) is 5.26 Å². The number of hydrogen-bond donors (Lipinski definition) is 0. The molecule has 0 unspecified atom stereocenters. The van der Waals surface area contributed by atoms with Crippen LogP contribution in [0, 0.1) is 17.9 Å². The van der Waals surface area contributed by atoms with Crippen LogP contribution in [0.5, 0.6) is 0 Å². The summed E-state index contributed by atoms with van der Waals surface area (Å²) in [5.41, 5.74) is 11.5. The average Bonchev–Trinajstić information content (AvgIpc) is 3.76. The summed E-state index contributed by atoms with van der Waals surface area (Å²) in [6.45, 7) is 7.48. The molecule has 0 amide bonds. The van der Waals surface area contributed by atoms with Crippen LogP contribution in [0.1, 0.15) is 27.1 Å². The van der Waals surface area contributed by atoms with Gasteiger partial charge in [-0.3, -0.25) is 0 Å². The van der Waals surface area contributed by atoms with Crippen molar-refractivity contribution in [1.29, 1.82) is 5.26 Å². The van der Waals surface area contributed by atoms with Crippen molar-refractivity contribution < 1.29 is 0 Å². The van der Waals surface area contributed by atoms with Gasteiger partial charge in [-0.1, -0.05) is 103 Å². The Morgan fingerprint density at radius 1 is 0.617 bits per heavy atom. The second-order valence-electron chi connectivity index (χ2n) is 11.9. The maximum Gasteiger partial charge on any atom is 0.263 e. The predicted octanol–water partition coefficient (Wildman–Crippen LogP) is 11.5. The molecule has 1 aromatic heterocycles. The number of rotatable bonds is 4. The third-order valence-corrected chi connectivity index (χ3v) is 10.7. The molecule has 7 aromatic rings. The van der Waals surface area contributed by atoms with Crippen molar-refractivity contribution in [3.8, 4) is 27.6 Å². The minimum Gasteiger partial charge on any atom is -0.310 e. The first-order valence-corrected chi connectivity index (χ1v) is 16.3. The van der Waals surface area contributed by atoms with Crippen molar-refractivity contribution in [2.45, 2.75) is 5.41 Å². The van der Waals surface area contributed by atoms with E-state index in [1.54, 1.807) is 17.4 Å². The van der Waals surface area contributed by atoms with Gasteiger partial charge in [-0.05, 0) is 98.3 Å². The summed E-state index contributed by atoms with van der Waals surface area (Å²) in [7, 11) is 0. The Bertz CT molecular complexity index is 2450. The number of anilines is 3. The lowest BCUT2D eigenvalue weighted by Gasteiger charge is -2.32. The van der Waals surface area contributed by atoms with Crippen LogP contribution in [-0.2, 0) is 5.41 Å². The fourth-order valence-electron chi connectivity index (χ4n) is 7.66. The molecule has 0 N–H and O–H groups in total. The van der Waals surface area contributed by atoms with E-state index in [-0.39, 0.29) is 5.70 Å². The maximum atomic E-state index is 9.55. The molecule has 0 fully saturated rings. The smallest absolute Gasteiger partial charge is 0.263 e. The van der Waals surface area contributed by atoms with Gasteiger partial charge in [-0.15, -0.1) is 11.3 Å². The van der Waals surface area contributed by atoms with Gasteiger partial charge < -0.3 is 4.90 Å². The molecule has 4 heteroatoms. The third kappa shape index (κ3) is 3.90. The predicted molar refractivity (Wildman–Crippen MR) is 193 cm³/mol. The van der Waals surface area contributed by atoms with Gasteiger partial charge in [0.15, 0.2) is 0 Å². The third-order valence-electron chi connectivity index (χ3n) is 9.54. The highest BCUT2D eigenvalue weighted by Crippen LogP contribution is 2.65. The van der Waals surface area contributed by atoms with Crippen LogP contribution in [0.4, 0.5) is 17.1 Å². The number of hydrogen-bond acceptors (Lipinski definition) is 3. The van der Waals surface area contributed by atoms with Crippen molar-refractivity contribution in [2.24, 2.45) is 0 Å². The van der Waals surface area contributed by atoms with E-state index in [0.29, 0.717) is 0 Å². The van der Waals surface area contributed by atoms with E-state index in [2.05, 4.69) is 155 Å². The monoisotopic (exact) mass is 615 g/mol. The van der Waals surface area contributed by atoms with E-state index in [4.69, 9.17) is 6.57 Å². The zero-order valence-electron chi connectivity index (χ0n) is 25.2. The number of benzene rings is 6. The SMILES string of the molecule is [C-]#[N+]/C(C#N)=C\c1cc2c(s1)-c1ccc(N(c3ccccc3)c3ccc4ccccc4c3)cc1C21c2ccccc2-c2ccccc21. The first-order chi connectivity index (χ1) is 23.2. The molecule has 1 heterocycles. The van der Waals surface area contributed by atoms with Crippen LogP contribution < -0.4 is 4.90 Å². The van der Waals surface area contributed by atoms with Crippen LogP contribution in [0.15, 0.2) is 151 Å². The van der Waals surface area contributed by atoms with E-state index >= 15 is 0 Å². The largest absolute Gasteiger partial charge is 0.310 e. The summed E-state index contributed by atoms with van der Waals surface area (Å²) in [6.07, 6.45) is 1.72. The second-order valence-corrected chi connectivity index (χ2v) is 13.0. The summed E-state index contributed by atoms with van der Waals surface area (Å²) >= 11 is 1.66. The molecule has 0 aliphatic heterocycles. The van der Waals surface area contributed by atoms with Crippen LogP contribution in [0.3, 0.4) is 0 Å². The summed E-state index contributed by atoms with van der Waals surface area (Å²) < 4.78 is 0. The summed E-state index contributed by atoms with van der Waals surface area (Å²) in [5.74, 6) is 0. The quantitative estimate of drug-likeness (QED) is 0.146. The highest BCUT2D eigenvalue weighted by molar-refractivity contribution is 7.16. The van der Waals surface area contributed by atoms with Crippen molar-refractivity contribution in [2.75, 3.05) is 4.90 Å². The minimum atomic E-state index is -0.535. The molecular formula is C43H25N3S. The van der Waals surface area contributed by atoms with Crippen molar-refractivity contribution >= 4 is 45.2 Å². The maximum absolute atomic E-state index is 9.55. The van der Waals surface area contributed by atoms with E-state index < -0.39 is 5.41 Å².